The number of rotatable bonds is 2. The molecule has 0 saturated heterocycles. The van der Waals surface area contributed by atoms with Crippen LogP contribution >= 0.6 is 0 Å². The van der Waals surface area contributed by atoms with E-state index >= 15 is 0 Å². The predicted molar refractivity (Wildman–Crippen MR) is 64.3 cm³/mol. The molecule has 0 aliphatic heterocycles. The molecule has 4 heteroatoms. The summed E-state index contributed by atoms with van der Waals surface area (Å²) in [5.41, 5.74) is 2.51. The van der Waals surface area contributed by atoms with E-state index in [1.165, 1.54) is 0 Å². The Morgan fingerprint density at radius 2 is 1.94 bits per heavy atom. The third kappa shape index (κ3) is 1.50. The van der Waals surface area contributed by atoms with Crippen molar-refractivity contribution in [1.82, 2.24) is 14.5 Å². The maximum Gasteiger partial charge on any atom is 0.185 e. The minimum Gasteiger partial charge on any atom is -0.294 e. The highest BCUT2D eigenvalue weighted by atomic mass is 16.1. The van der Waals surface area contributed by atoms with Gasteiger partial charge in [-0.2, -0.15) is 0 Å². The van der Waals surface area contributed by atoms with Crippen molar-refractivity contribution in [3.8, 4) is 5.69 Å². The molecule has 3 aromatic rings. The maximum absolute atomic E-state index is 11.1. The number of hydrogen-bond acceptors (Lipinski definition) is 3. The highest BCUT2D eigenvalue weighted by Crippen LogP contribution is 2.19. The Morgan fingerprint density at radius 3 is 2.71 bits per heavy atom. The van der Waals surface area contributed by atoms with E-state index in [1.807, 2.05) is 30.3 Å². The number of nitrogens with zero attached hydrogens (tertiary/aromatic N) is 3. The maximum atomic E-state index is 11.1. The number of imidazole rings is 1. The van der Waals surface area contributed by atoms with Crippen molar-refractivity contribution in [3.63, 3.8) is 0 Å². The van der Waals surface area contributed by atoms with Crippen LogP contribution in [0, 0.1) is 0 Å². The summed E-state index contributed by atoms with van der Waals surface area (Å²) in [6.07, 6.45) is 4.13. The van der Waals surface area contributed by atoms with Crippen LogP contribution in [0.2, 0.25) is 0 Å². The smallest absolute Gasteiger partial charge is 0.185 e. The normalized spacial score (nSPS) is 10.6. The molecule has 0 atom stereocenters. The van der Waals surface area contributed by atoms with Crippen molar-refractivity contribution >= 4 is 17.3 Å². The molecule has 82 valence electrons. The lowest BCUT2D eigenvalue weighted by atomic mass is 10.3. The van der Waals surface area contributed by atoms with E-state index in [0.29, 0.717) is 5.82 Å². The van der Waals surface area contributed by atoms with Gasteiger partial charge in [0.05, 0.1) is 17.2 Å². The molecule has 1 aromatic carbocycles. The van der Waals surface area contributed by atoms with Crippen LogP contribution in [0.5, 0.6) is 0 Å². The number of aromatic nitrogens is 3. The first-order valence-corrected chi connectivity index (χ1v) is 5.23. The lowest BCUT2D eigenvalue weighted by Crippen LogP contribution is -1.99. The minimum atomic E-state index is 0.388. The number of benzene rings is 1. The van der Waals surface area contributed by atoms with E-state index in [4.69, 9.17) is 0 Å². The Labute approximate surface area is 97.6 Å². The number of carbonyl (C=O) groups is 1. The van der Waals surface area contributed by atoms with Gasteiger partial charge in [-0.1, -0.05) is 18.2 Å². The van der Waals surface area contributed by atoms with Crippen molar-refractivity contribution in [2.24, 2.45) is 0 Å². The topological polar surface area (TPSA) is 47.8 Å². The Balaban J connectivity index is 2.38. The molecule has 0 bridgehead atoms. The first kappa shape index (κ1) is 9.72. The summed E-state index contributed by atoms with van der Waals surface area (Å²) >= 11 is 0. The molecule has 3 rings (SSSR count). The second-order valence-corrected chi connectivity index (χ2v) is 3.62. The molecule has 17 heavy (non-hydrogen) atoms. The number of para-hydroxylation sites is 1. The fraction of sp³-hybridized carbons (Fsp3) is 0. The Hall–Kier alpha value is -2.49. The van der Waals surface area contributed by atoms with Gasteiger partial charge in [0.2, 0.25) is 0 Å². The Morgan fingerprint density at radius 1 is 1.12 bits per heavy atom. The molecule has 0 amide bonds. The standard InChI is InChI=1S/C13H9N3O/c17-9-13-15-11-6-7-14-8-12(11)16(13)10-4-2-1-3-5-10/h1-9H. The molecular weight excluding hydrogens is 214 g/mol. The third-order valence-electron chi connectivity index (χ3n) is 2.60. The Kier molecular flexibility index (Phi) is 2.19. The summed E-state index contributed by atoms with van der Waals surface area (Å²) in [6, 6.07) is 11.4. The van der Waals surface area contributed by atoms with Crippen LogP contribution < -0.4 is 0 Å². The number of pyridine rings is 1. The number of fused-ring (bicyclic) bond motifs is 1. The lowest BCUT2D eigenvalue weighted by molar-refractivity contribution is 0.111. The van der Waals surface area contributed by atoms with E-state index in [-0.39, 0.29) is 0 Å². The zero-order valence-corrected chi connectivity index (χ0v) is 8.95. The van der Waals surface area contributed by atoms with Crippen molar-refractivity contribution < 1.29 is 4.79 Å². The van der Waals surface area contributed by atoms with E-state index in [1.54, 1.807) is 23.0 Å². The summed E-state index contributed by atoms with van der Waals surface area (Å²) in [6.45, 7) is 0. The van der Waals surface area contributed by atoms with Crippen LogP contribution in [0.1, 0.15) is 10.6 Å². The zero-order valence-electron chi connectivity index (χ0n) is 8.95. The fourth-order valence-electron chi connectivity index (χ4n) is 1.87. The molecule has 0 unspecified atom stereocenters. The van der Waals surface area contributed by atoms with Gasteiger partial charge < -0.3 is 0 Å². The third-order valence-corrected chi connectivity index (χ3v) is 2.60. The highest BCUT2D eigenvalue weighted by molar-refractivity contribution is 5.84. The number of carbonyl (C=O) groups excluding carboxylic acids is 1. The van der Waals surface area contributed by atoms with Crippen LogP contribution in [0.15, 0.2) is 48.8 Å². The lowest BCUT2D eigenvalue weighted by Gasteiger charge is -2.04. The molecule has 2 aromatic heterocycles. The van der Waals surface area contributed by atoms with Crippen molar-refractivity contribution in [3.05, 3.63) is 54.6 Å². The predicted octanol–water partition coefficient (Wildman–Crippen LogP) is 2.23. The summed E-state index contributed by atoms with van der Waals surface area (Å²) in [5.74, 6) is 0.388. The highest BCUT2D eigenvalue weighted by Gasteiger charge is 2.10. The van der Waals surface area contributed by atoms with Crippen LogP contribution in [-0.4, -0.2) is 20.8 Å². The second kappa shape index (κ2) is 3.83. The van der Waals surface area contributed by atoms with Crippen molar-refractivity contribution in [2.45, 2.75) is 0 Å². The molecule has 0 aliphatic carbocycles. The first-order valence-electron chi connectivity index (χ1n) is 5.23. The van der Waals surface area contributed by atoms with E-state index < -0.39 is 0 Å². The van der Waals surface area contributed by atoms with Gasteiger partial charge >= 0.3 is 0 Å². The van der Waals surface area contributed by atoms with Gasteiger partial charge in [-0.25, -0.2) is 4.98 Å². The number of hydrogen-bond donors (Lipinski definition) is 0. The van der Waals surface area contributed by atoms with Crippen LogP contribution in [-0.2, 0) is 0 Å². The van der Waals surface area contributed by atoms with E-state index in [0.717, 1.165) is 23.0 Å². The molecule has 2 heterocycles. The van der Waals surface area contributed by atoms with Crippen LogP contribution in [0.3, 0.4) is 0 Å². The summed E-state index contributed by atoms with van der Waals surface area (Å²) in [5, 5.41) is 0. The first-order chi connectivity index (χ1) is 8.40. The van der Waals surface area contributed by atoms with E-state index in [2.05, 4.69) is 9.97 Å². The van der Waals surface area contributed by atoms with Gasteiger partial charge in [-0.3, -0.25) is 14.3 Å². The molecular formula is C13H9N3O. The number of aldehydes is 1. The minimum absolute atomic E-state index is 0.388. The van der Waals surface area contributed by atoms with Crippen molar-refractivity contribution in [2.75, 3.05) is 0 Å². The van der Waals surface area contributed by atoms with E-state index in [9.17, 15) is 4.79 Å². The molecule has 0 radical (unpaired) electrons. The summed E-state index contributed by atoms with van der Waals surface area (Å²) in [7, 11) is 0. The van der Waals surface area contributed by atoms with Gasteiger partial charge in [0.15, 0.2) is 12.1 Å². The largest absolute Gasteiger partial charge is 0.294 e. The van der Waals surface area contributed by atoms with Gasteiger partial charge in [0, 0.05) is 11.9 Å². The molecule has 0 N–H and O–H groups in total. The van der Waals surface area contributed by atoms with Gasteiger partial charge in [0.25, 0.3) is 0 Å². The SMILES string of the molecule is O=Cc1nc2ccncc2n1-c1ccccc1. The average Bonchev–Trinajstić information content (AvgIpc) is 2.78. The average molecular weight is 223 g/mol. The molecule has 0 saturated carbocycles. The quantitative estimate of drug-likeness (QED) is 0.626. The fourth-order valence-corrected chi connectivity index (χ4v) is 1.87. The zero-order chi connectivity index (χ0) is 11.7. The van der Waals surface area contributed by atoms with Crippen LogP contribution in [0.25, 0.3) is 16.7 Å². The molecule has 0 spiro atoms. The molecule has 0 fully saturated rings. The Bertz CT molecular complexity index is 673. The molecule has 0 aliphatic rings. The van der Waals surface area contributed by atoms with Gasteiger partial charge in [0.1, 0.15) is 0 Å². The van der Waals surface area contributed by atoms with Crippen LogP contribution in [0.4, 0.5) is 0 Å². The van der Waals surface area contributed by atoms with Crippen molar-refractivity contribution in [1.29, 1.82) is 0 Å². The second-order valence-electron chi connectivity index (χ2n) is 3.62. The summed E-state index contributed by atoms with van der Waals surface area (Å²) < 4.78 is 1.80. The summed E-state index contributed by atoms with van der Waals surface area (Å²) in [4.78, 5) is 19.4. The monoisotopic (exact) mass is 223 g/mol. The van der Waals surface area contributed by atoms with Gasteiger partial charge in [-0.15, -0.1) is 0 Å². The van der Waals surface area contributed by atoms with Gasteiger partial charge in [-0.05, 0) is 18.2 Å². The molecule has 4 nitrogen and oxygen atoms in total.